The van der Waals surface area contributed by atoms with Gasteiger partial charge in [-0.15, -0.1) is 0 Å². The van der Waals surface area contributed by atoms with Gasteiger partial charge < -0.3 is 4.79 Å². The van der Waals surface area contributed by atoms with Crippen molar-refractivity contribution in [2.75, 3.05) is 0 Å². The first-order chi connectivity index (χ1) is 5.00. The topological polar surface area (TPSA) is 17.1 Å². The van der Waals surface area contributed by atoms with E-state index < -0.39 is 0 Å². The molecule has 0 aromatic carbocycles. The monoisotopic (exact) mass is 152 g/mol. The lowest BCUT2D eigenvalue weighted by atomic mass is 10.1. The van der Waals surface area contributed by atoms with Crippen LogP contribution in [0.1, 0.15) is 27.7 Å². The first-order valence-electron chi connectivity index (χ1n) is 4.10. The second kappa shape index (κ2) is 2.47. The highest BCUT2D eigenvalue weighted by molar-refractivity contribution is 5.62. The summed E-state index contributed by atoms with van der Waals surface area (Å²) in [5.41, 5.74) is 1.53. The third-order valence-corrected chi connectivity index (χ3v) is 2.66. The Morgan fingerprint density at radius 2 is 1.82 bits per heavy atom. The van der Waals surface area contributed by atoms with Crippen molar-refractivity contribution in [3.63, 3.8) is 0 Å². The molecule has 0 heterocycles. The molecule has 2 atom stereocenters. The molecule has 1 heteroatoms. The van der Waals surface area contributed by atoms with Crippen molar-refractivity contribution in [1.82, 2.24) is 0 Å². The molecule has 62 valence electrons. The smallest absolute Gasteiger partial charge is 0.124 e. The molecule has 0 aromatic heterocycles. The quantitative estimate of drug-likeness (QED) is 0.438. The van der Waals surface area contributed by atoms with Gasteiger partial charge in [0.2, 0.25) is 0 Å². The SMILES string of the molecule is CC(C)=C[C@H]1[C@@H](C=O)C1(C)C. The van der Waals surface area contributed by atoms with E-state index in [-0.39, 0.29) is 11.3 Å². The number of carbonyl (C=O) groups is 1. The highest BCUT2D eigenvalue weighted by atomic mass is 16.1. The summed E-state index contributed by atoms with van der Waals surface area (Å²) in [6, 6.07) is 0. The lowest BCUT2D eigenvalue weighted by molar-refractivity contribution is -0.109. The molecule has 0 radical (unpaired) electrons. The van der Waals surface area contributed by atoms with Gasteiger partial charge in [-0.2, -0.15) is 0 Å². The van der Waals surface area contributed by atoms with E-state index in [1.165, 1.54) is 5.57 Å². The number of hydrogen-bond donors (Lipinski definition) is 0. The molecule has 0 spiro atoms. The maximum atomic E-state index is 10.5. The molecular formula is C10H16O. The van der Waals surface area contributed by atoms with E-state index in [0.717, 1.165) is 6.29 Å². The molecule has 0 bridgehead atoms. The van der Waals surface area contributed by atoms with Crippen molar-refractivity contribution in [2.24, 2.45) is 17.3 Å². The zero-order valence-electron chi connectivity index (χ0n) is 7.72. The fourth-order valence-electron chi connectivity index (χ4n) is 1.66. The molecule has 0 aromatic rings. The van der Waals surface area contributed by atoms with Crippen molar-refractivity contribution >= 4 is 6.29 Å². The van der Waals surface area contributed by atoms with Gasteiger partial charge in [0.15, 0.2) is 0 Å². The van der Waals surface area contributed by atoms with E-state index in [2.05, 4.69) is 33.8 Å². The van der Waals surface area contributed by atoms with Crippen molar-refractivity contribution in [3.8, 4) is 0 Å². The summed E-state index contributed by atoms with van der Waals surface area (Å²) in [5, 5.41) is 0. The Hall–Kier alpha value is -0.590. The van der Waals surface area contributed by atoms with Crippen LogP contribution in [-0.2, 0) is 4.79 Å². The van der Waals surface area contributed by atoms with Gasteiger partial charge in [0.05, 0.1) is 0 Å². The number of hydrogen-bond acceptors (Lipinski definition) is 1. The van der Waals surface area contributed by atoms with Crippen LogP contribution >= 0.6 is 0 Å². The van der Waals surface area contributed by atoms with Crippen LogP contribution in [0.25, 0.3) is 0 Å². The molecule has 1 aliphatic rings. The average molecular weight is 152 g/mol. The summed E-state index contributed by atoms with van der Waals surface area (Å²) < 4.78 is 0. The molecule has 0 amide bonds. The van der Waals surface area contributed by atoms with Gasteiger partial charge in [0.25, 0.3) is 0 Å². The van der Waals surface area contributed by atoms with Gasteiger partial charge in [0.1, 0.15) is 6.29 Å². The van der Waals surface area contributed by atoms with Crippen LogP contribution < -0.4 is 0 Å². The zero-order valence-corrected chi connectivity index (χ0v) is 7.72. The third kappa shape index (κ3) is 1.37. The predicted octanol–water partition coefficient (Wildman–Crippen LogP) is 2.42. The molecule has 1 nitrogen and oxygen atoms in total. The van der Waals surface area contributed by atoms with Crippen LogP contribution in [0.15, 0.2) is 11.6 Å². The summed E-state index contributed by atoms with van der Waals surface area (Å²) in [4.78, 5) is 10.5. The van der Waals surface area contributed by atoms with E-state index >= 15 is 0 Å². The van der Waals surface area contributed by atoms with Gasteiger partial charge in [-0.3, -0.25) is 0 Å². The minimum absolute atomic E-state index is 0.221. The van der Waals surface area contributed by atoms with Gasteiger partial charge in [0, 0.05) is 5.92 Å². The van der Waals surface area contributed by atoms with Crippen LogP contribution in [0.4, 0.5) is 0 Å². The maximum absolute atomic E-state index is 10.5. The second-order valence-corrected chi connectivity index (χ2v) is 4.25. The van der Waals surface area contributed by atoms with Crippen LogP contribution in [0.2, 0.25) is 0 Å². The number of rotatable bonds is 2. The van der Waals surface area contributed by atoms with Gasteiger partial charge in [-0.25, -0.2) is 0 Å². The van der Waals surface area contributed by atoms with Gasteiger partial charge in [-0.05, 0) is 25.2 Å². The Morgan fingerprint density at radius 3 is 2.09 bits per heavy atom. The molecule has 0 saturated heterocycles. The Morgan fingerprint density at radius 1 is 1.27 bits per heavy atom. The summed E-state index contributed by atoms with van der Waals surface area (Å²) >= 11 is 0. The van der Waals surface area contributed by atoms with Crippen molar-refractivity contribution in [2.45, 2.75) is 27.7 Å². The molecule has 1 fully saturated rings. The molecule has 0 unspecified atom stereocenters. The summed E-state index contributed by atoms with van der Waals surface area (Å²) in [7, 11) is 0. The number of aldehydes is 1. The van der Waals surface area contributed by atoms with Crippen LogP contribution in [-0.4, -0.2) is 6.29 Å². The third-order valence-electron chi connectivity index (χ3n) is 2.66. The van der Waals surface area contributed by atoms with Crippen LogP contribution in [0, 0.1) is 17.3 Å². The fraction of sp³-hybridized carbons (Fsp3) is 0.700. The van der Waals surface area contributed by atoms with Crippen LogP contribution in [0.3, 0.4) is 0 Å². The van der Waals surface area contributed by atoms with Crippen molar-refractivity contribution < 1.29 is 4.79 Å². The van der Waals surface area contributed by atoms with Crippen molar-refractivity contribution in [3.05, 3.63) is 11.6 Å². The Bertz CT molecular complexity index is 197. The summed E-state index contributed by atoms with van der Waals surface area (Å²) in [6.45, 7) is 8.46. The van der Waals surface area contributed by atoms with E-state index in [1.54, 1.807) is 0 Å². The Balaban J connectivity index is 2.67. The molecule has 11 heavy (non-hydrogen) atoms. The van der Waals surface area contributed by atoms with E-state index in [4.69, 9.17) is 0 Å². The summed E-state index contributed by atoms with van der Waals surface area (Å²) in [6.07, 6.45) is 3.29. The maximum Gasteiger partial charge on any atom is 0.124 e. The standard InChI is InChI=1S/C10H16O/c1-7(2)5-8-9(6-11)10(8,3)4/h5-6,8-9H,1-4H3/t8-,9+/m0/s1. The van der Waals surface area contributed by atoms with Gasteiger partial charge in [-0.1, -0.05) is 25.5 Å². The molecule has 1 aliphatic carbocycles. The van der Waals surface area contributed by atoms with Crippen LogP contribution in [0.5, 0.6) is 0 Å². The molecule has 0 aliphatic heterocycles. The first-order valence-corrected chi connectivity index (χ1v) is 4.10. The molecule has 1 saturated carbocycles. The molecule has 1 rings (SSSR count). The van der Waals surface area contributed by atoms with Gasteiger partial charge >= 0.3 is 0 Å². The summed E-state index contributed by atoms with van der Waals surface area (Å²) in [5.74, 6) is 0.752. The lowest BCUT2D eigenvalue weighted by Gasteiger charge is -1.96. The lowest BCUT2D eigenvalue weighted by Crippen LogP contribution is -1.89. The fourth-order valence-corrected chi connectivity index (χ4v) is 1.66. The normalized spacial score (nSPS) is 32.7. The Labute approximate surface area is 68.5 Å². The predicted molar refractivity (Wildman–Crippen MR) is 46.3 cm³/mol. The Kier molecular flexibility index (Phi) is 1.91. The average Bonchev–Trinajstić information content (AvgIpc) is 2.33. The van der Waals surface area contributed by atoms with E-state index in [0.29, 0.717) is 5.92 Å². The van der Waals surface area contributed by atoms with E-state index in [1.807, 2.05) is 0 Å². The van der Waals surface area contributed by atoms with Crippen molar-refractivity contribution in [1.29, 1.82) is 0 Å². The highest BCUT2D eigenvalue weighted by Gasteiger charge is 2.56. The first kappa shape index (κ1) is 8.51. The van der Waals surface area contributed by atoms with E-state index in [9.17, 15) is 4.79 Å². The minimum Gasteiger partial charge on any atom is -0.303 e. The highest BCUT2D eigenvalue weighted by Crippen LogP contribution is 2.57. The number of allylic oxidation sites excluding steroid dienone is 2. The largest absolute Gasteiger partial charge is 0.303 e. The second-order valence-electron chi connectivity index (χ2n) is 4.25. The number of carbonyl (C=O) groups excluding carboxylic acids is 1. The molecule has 0 N–H and O–H groups in total. The molecular weight excluding hydrogens is 136 g/mol. The zero-order chi connectivity index (χ0) is 8.65. The minimum atomic E-state index is 0.221.